The van der Waals surface area contributed by atoms with Crippen molar-refractivity contribution >= 4 is 28.4 Å². The molecule has 0 saturated carbocycles. The van der Waals surface area contributed by atoms with Crippen LogP contribution in [0.25, 0.3) is 22.2 Å². The van der Waals surface area contributed by atoms with Crippen LogP contribution < -0.4 is 16.6 Å². The van der Waals surface area contributed by atoms with Crippen LogP contribution in [0.5, 0.6) is 0 Å². The molecular formula is C32H30N6O4. The molecule has 0 radical (unpaired) electrons. The first-order valence-corrected chi connectivity index (χ1v) is 13.6. The van der Waals surface area contributed by atoms with Gasteiger partial charge in [0.25, 0.3) is 5.89 Å². The largest absolute Gasteiger partial charge is 0.418 e. The smallest absolute Gasteiger partial charge is 0.312 e. The van der Waals surface area contributed by atoms with Gasteiger partial charge in [-0.2, -0.15) is 0 Å². The molecule has 1 amide bonds. The Bertz CT molecular complexity index is 1830. The van der Waals surface area contributed by atoms with Crippen LogP contribution in [-0.4, -0.2) is 37.9 Å². The summed E-state index contributed by atoms with van der Waals surface area (Å²) in [5.74, 6) is -1.23. The number of benzene rings is 3. The Hall–Kier alpha value is -5.25. The van der Waals surface area contributed by atoms with E-state index in [-0.39, 0.29) is 24.0 Å². The zero-order chi connectivity index (χ0) is 29.8. The number of ketones is 1. The lowest BCUT2D eigenvalue weighted by molar-refractivity contribution is -0.121. The molecule has 0 saturated heterocycles. The third-order valence-electron chi connectivity index (χ3n) is 6.82. The highest BCUT2D eigenvalue weighted by Crippen LogP contribution is 2.28. The summed E-state index contributed by atoms with van der Waals surface area (Å²) in [7, 11) is 0. The Morgan fingerprint density at radius 3 is 2.45 bits per heavy atom. The molecule has 5 aromatic rings. The Morgan fingerprint density at radius 2 is 1.71 bits per heavy atom. The lowest BCUT2D eigenvalue weighted by Crippen LogP contribution is -2.45. The summed E-state index contributed by atoms with van der Waals surface area (Å²) < 4.78 is 5.69. The lowest BCUT2D eigenvalue weighted by Gasteiger charge is -2.20. The van der Waals surface area contributed by atoms with Crippen LogP contribution in [0.2, 0.25) is 0 Å². The van der Waals surface area contributed by atoms with Crippen LogP contribution >= 0.6 is 0 Å². The Labute approximate surface area is 242 Å². The number of nitrogens with zero attached hydrogens (tertiary/aromatic N) is 4. The minimum absolute atomic E-state index is 0.0996. The number of fused-ring (bicyclic) bond motifs is 1. The number of rotatable bonds is 9. The lowest BCUT2D eigenvalue weighted by atomic mass is 9.97. The molecular weight excluding hydrogens is 532 g/mol. The van der Waals surface area contributed by atoms with Crippen molar-refractivity contribution in [3.63, 3.8) is 0 Å². The maximum Gasteiger partial charge on any atom is 0.312 e. The minimum atomic E-state index is -0.899. The van der Waals surface area contributed by atoms with Crippen molar-refractivity contribution in [2.45, 2.75) is 39.7 Å². The number of nitrogens with two attached hydrogens (primary N) is 1. The third kappa shape index (κ3) is 6.22. The molecule has 212 valence electrons. The number of aryl methyl sites for hydroxylation is 1. The molecule has 10 heteroatoms. The van der Waals surface area contributed by atoms with Gasteiger partial charge < -0.3 is 15.5 Å². The zero-order valence-electron chi connectivity index (χ0n) is 23.5. The van der Waals surface area contributed by atoms with E-state index in [1.807, 2.05) is 75.4 Å². The maximum atomic E-state index is 13.4. The highest BCUT2D eigenvalue weighted by Gasteiger charge is 2.30. The van der Waals surface area contributed by atoms with Gasteiger partial charge in [0, 0.05) is 10.9 Å². The first kappa shape index (κ1) is 28.3. The monoisotopic (exact) mass is 562 g/mol. The Kier molecular flexibility index (Phi) is 8.14. The summed E-state index contributed by atoms with van der Waals surface area (Å²) in [6.45, 7) is 5.64. The summed E-state index contributed by atoms with van der Waals surface area (Å²) >= 11 is 0. The first-order chi connectivity index (χ1) is 20.2. The molecule has 2 aromatic heterocycles. The number of carbonyl (C=O) groups is 2. The first-order valence-electron chi connectivity index (χ1n) is 13.6. The van der Waals surface area contributed by atoms with E-state index in [1.165, 1.54) is 0 Å². The van der Waals surface area contributed by atoms with Crippen molar-refractivity contribution in [1.29, 1.82) is 0 Å². The number of Topliss-reactive ketones (excluding diaryl/α,β-unsaturated/α-hetero) is 1. The van der Waals surface area contributed by atoms with Crippen molar-refractivity contribution in [2.24, 2.45) is 5.92 Å². The van der Waals surface area contributed by atoms with Gasteiger partial charge in [-0.05, 0) is 30.0 Å². The molecule has 0 aliphatic heterocycles. The molecule has 3 aromatic carbocycles. The molecule has 0 spiro atoms. The normalized spacial score (nSPS) is 11.9. The topological polar surface area (TPSA) is 154 Å². The van der Waals surface area contributed by atoms with E-state index in [1.54, 1.807) is 18.2 Å². The fraction of sp³-hybridized carbons (Fsp3) is 0.219. The summed E-state index contributed by atoms with van der Waals surface area (Å²) in [5, 5.41) is 11.4. The van der Waals surface area contributed by atoms with Crippen LogP contribution in [0.4, 0.5) is 5.82 Å². The number of nitrogens with one attached hydrogen (secondary N) is 1. The molecule has 5 rings (SSSR count). The number of amides is 1. The predicted molar refractivity (Wildman–Crippen MR) is 159 cm³/mol. The van der Waals surface area contributed by atoms with Gasteiger partial charge in [-0.25, -0.2) is 9.97 Å². The standard InChI is InChI=1S/C32H30N6O4/c1-18(2)27(29(40)32-38-37-25(42-32)16-20-10-7-9-19(3)15-20)35-24(39)17-22-13-8-14-23-26(22)28(21-11-5-4-6-12-21)36-30(33)31(41)34-23/h4-15,18,27H,16-17H2,1-3H3,(H,35,39)(H2,33,34,36,41). The minimum Gasteiger partial charge on any atom is -0.418 e. The summed E-state index contributed by atoms with van der Waals surface area (Å²) in [4.78, 5) is 47.7. The van der Waals surface area contributed by atoms with Crippen LogP contribution in [0.1, 0.15) is 47.1 Å². The van der Waals surface area contributed by atoms with Gasteiger partial charge in [0.05, 0.1) is 30.1 Å². The predicted octanol–water partition coefficient (Wildman–Crippen LogP) is 4.09. The molecule has 0 fully saturated rings. The van der Waals surface area contributed by atoms with Gasteiger partial charge in [0.1, 0.15) is 0 Å². The fourth-order valence-corrected chi connectivity index (χ4v) is 4.78. The van der Waals surface area contributed by atoms with Crippen molar-refractivity contribution in [1.82, 2.24) is 25.5 Å². The zero-order valence-corrected chi connectivity index (χ0v) is 23.5. The van der Waals surface area contributed by atoms with E-state index in [0.29, 0.717) is 40.0 Å². The van der Waals surface area contributed by atoms with Crippen LogP contribution in [0.3, 0.4) is 0 Å². The third-order valence-corrected chi connectivity index (χ3v) is 6.82. The van der Waals surface area contributed by atoms with E-state index in [0.717, 1.165) is 11.1 Å². The Balaban J connectivity index is 1.41. The maximum absolute atomic E-state index is 13.4. The number of aromatic nitrogens is 4. The highest BCUT2D eigenvalue weighted by atomic mass is 16.4. The van der Waals surface area contributed by atoms with E-state index in [9.17, 15) is 14.4 Å². The van der Waals surface area contributed by atoms with Gasteiger partial charge in [-0.3, -0.25) is 14.4 Å². The van der Waals surface area contributed by atoms with Gasteiger partial charge in [-0.1, -0.05) is 86.1 Å². The fourth-order valence-electron chi connectivity index (χ4n) is 4.78. The molecule has 10 nitrogen and oxygen atoms in total. The van der Waals surface area contributed by atoms with Gasteiger partial charge in [0.2, 0.25) is 17.6 Å². The Morgan fingerprint density at radius 1 is 0.952 bits per heavy atom. The van der Waals surface area contributed by atoms with Gasteiger partial charge in [-0.15, -0.1) is 10.2 Å². The van der Waals surface area contributed by atoms with Crippen molar-refractivity contribution in [3.05, 3.63) is 112 Å². The van der Waals surface area contributed by atoms with Crippen LogP contribution in [0, 0.1) is 12.8 Å². The molecule has 1 unspecified atom stereocenters. The molecule has 1 atom stereocenters. The number of nitrogen functional groups attached to an aromatic ring is 1. The molecule has 2 heterocycles. The molecule has 0 aliphatic rings. The second-order valence-corrected chi connectivity index (χ2v) is 10.4. The SMILES string of the molecule is Cc1cccc(Cc2nnc(C(=O)C(NC(=O)Cc3cccc4nc(=O)c(N)nc(-c5ccccc5)c34)C(C)C)o2)c1. The van der Waals surface area contributed by atoms with Crippen molar-refractivity contribution < 1.29 is 14.0 Å². The number of hydrogen-bond acceptors (Lipinski definition) is 9. The van der Waals surface area contributed by atoms with Crippen LogP contribution in [-0.2, 0) is 17.6 Å². The second-order valence-electron chi connectivity index (χ2n) is 10.4. The van der Waals surface area contributed by atoms with E-state index >= 15 is 0 Å². The van der Waals surface area contributed by atoms with Crippen LogP contribution in [0.15, 0.2) is 82.0 Å². The van der Waals surface area contributed by atoms with Gasteiger partial charge in [0.15, 0.2) is 5.82 Å². The molecule has 42 heavy (non-hydrogen) atoms. The quantitative estimate of drug-likeness (QED) is 0.253. The van der Waals surface area contributed by atoms with E-state index < -0.39 is 23.3 Å². The summed E-state index contributed by atoms with van der Waals surface area (Å²) in [6, 6.07) is 21.4. The molecule has 0 bridgehead atoms. The summed E-state index contributed by atoms with van der Waals surface area (Å²) in [5.41, 5.74) is 9.44. The van der Waals surface area contributed by atoms with Crippen molar-refractivity contribution in [2.75, 3.05) is 5.73 Å². The van der Waals surface area contributed by atoms with Gasteiger partial charge >= 0.3 is 5.56 Å². The van der Waals surface area contributed by atoms with E-state index in [2.05, 4.69) is 25.5 Å². The molecule has 0 aliphatic carbocycles. The number of carbonyl (C=O) groups excluding carboxylic acids is 2. The average molecular weight is 563 g/mol. The van der Waals surface area contributed by atoms with Crippen molar-refractivity contribution in [3.8, 4) is 11.3 Å². The molecule has 3 N–H and O–H groups in total. The number of hydrogen-bond donors (Lipinski definition) is 2. The second kappa shape index (κ2) is 12.1. The van der Waals surface area contributed by atoms with E-state index in [4.69, 9.17) is 10.2 Å². The average Bonchev–Trinajstić information content (AvgIpc) is 3.38. The number of anilines is 1. The highest BCUT2D eigenvalue weighted by molar-refractivity contribution is 6.00. The summed E-state index contributed by atoms with van der Waals surface area (Å²) in [6.07, 6.45) is 0.290.